The van der Waals surface area contributed by atoms with Crippen LogP contribution >= 0.6 is 11.3 Å². The largest absolute Gasteiger partial charge is 0.392 e. The minimum Gasteiger partial charge on any atom is -0.392 e. The van der Waals surface area contributed by atoms with Crippen LogP contribution in [0.25, 0.3) is 0 Å². The van der Waals surface area contributed by atoms with Crippen molar-refractivity contribution in [3.05, 3.63) is 10.6 Å². The summed E-state index contributed by atoms with van der Waals surface area (Å²) in [6.45, 7) is 9.10. The monoisotopic (exact) mass is 407 g/mol. The molecule has 6 atom stereocenters. The van der Waals surface area contributed by atoms with Crippen LogP contribution in [0.1, 0.15) is 50.1 Å². The molecule has 1 aromatic rings. The van der Waals surface area contributed by atoms with E-state index >= 15 is 0 Å². The fourth-order valence-electron chi connectivity index (χ4n) is 5.91. The first-order chi connectivity index (χ1) is 13.4. The van der Waals surface area contributed by atoms with Crippen molar-refractivity contribution >= 4 is 22.4 Å². The van der Waals surface area contributed by atoms with Gasteiger partial charge in [0.15, 0.2) is 5.13 Å². The number of aliphatic hydroxyl groups excluding tert-OH is 1. The third-order valence-electron chi connectivity index (χ3n) is 7.49. The number of aliphatic hydroxyl groups is 1. The van der Waals surface area contributed by atoms with Gasteiger partial charge >= 0.3 is 0 Å². The molecule has 0 radical (unpaired) electrons. The predicted octanol–water partition coefficient (Wildman–Crippen LogP) is 2.73. The van der Waals surface area contributed by atoms with Crippen molar-refractivity contribution in [2.45, 2.75) is 52.1 Å². The quantitative estimate of drug-likeness (QED) is 0.806. The van der Waals surface area contributed by atoms with Crippen LogP contribution in [0.3, 0.4) is 0 Å². The Labute approximate surface area is 171 Å². The van der Waals surface area contributed by atoms with Crippen molar-refractivity contribution in [1.29, 1.82) is 0 Å². The van der Waals surface area contributed by atoms with Gasteiger partial charge in [-0.2, -0.15) is 0 Å². The minimum atomic E-state index is -0.471. The number of morpholine rings is 1. The van der Waals surface area contributed by atoms with Gasteiger partial charge in [-0.3, -0.25) is 4.79 Å². The summed E-state index contributed by atoms with van der Waals surface area (Å²) in [5, 5.41) is 15.6. The van der Waals surface area contributed by atoms with Crippen molar-refractivity contribution in [1.82, 2.24) is 9.88 Å². The van der Waals surface area contributed by atoms with E-state index in [9.17, 15) is 9.90 Å². The lowest BCUT2D eigenvalue weighted by Gasteiger charge is -2.53. The minimum absolute atomic E-state index is 0.0137. The normalized spacial score (nSPS) is 36.4. The van der Waals surface area contributed by atoms with Gasteiger partial charge in [-0.05, 0) is 36.5 Å². The van der Waals surface area contributed by atoms with Gasteiger partial charge in [-0.1, -0.05) is 20.8 Å². The van der Waals surface area contributed by atoms with Gasteiger partial charge in [0, 0.05) is 36.9 Å². The molecule has 3 aliphatic rings. The van der Waals surface area contributed by atoms with Gasteiger partial charge < -0.3 is 20.1 Å². The van der Waals surface area contributed by atoms with Crippen LogP contribution in [-0.2, 0) is 16.0 Å². The summed E-state index contributed by atoms with van der Waals surface area (Å²) in [5.41, 5.74) is 1.21. The van der Waals surface area contributed by atoms with Gasteiger partial charge in [-0.15, -0.1) is 11.3 Å². The molecule has 2 fully saturated rings. The van der Waals surface area contributed by atoms with Crippen molar-refractivity contribution in [3.63, 3.8) is 0 Å². The van der Waals surface area contributed by atoms with E-state index in [0.717, 1.165) is 30.1 Å². The zero-order valence-electron chi connectivity index (χ0n) is 17.4. The summed E-state index contributed by atoms with van der Waals surface area (Å²) in [6, 6.07) is 0. The summed E-state index contributed by atoms with van der Waals surface area (Å²) in [4.78, 5) is 21.1. The fraction of sp³-hybridized carbons (Fsp3) is 0.810. The van der Waals surface area contributed by atoms with Crippen LogP contribution in [0.4, 0.5) is 5.13 Å². The number of rotatable bonds is 3. The Kier molecular flexibility index (Phi) is 5.44. The molecule has 1 amide bonds. The Balaban J connectivity index is 1.56. The van der Waals surface area contributed by atoms with Crippen LogP contribution in [0.15, 0.2) is 0 Å². The number of carbonyl (C=O) groups is 1. The number of amides is 1. The first-order valence-corrected chi connectivity index (χ1v) is 11.4. The van der Waals surface area contributed by atoms with Crippen LogP contribution in [0.2, 0.25) is 0 Å². The van der Waals surface area contributed by atoms with Gasteiger partial charge in [0.25, 0.3) is 0 Å². The molecule has 2 aliphatic carbocycles. The molecule has 28 heavy (non-hydrogen) atoms. The average molecular weight is 408 g/mol. The highest BCUT2D eigenvalue weighted by atomic mass is 32.1. The van der Waals surface area contributed by atoms with Crippen LogP contribution in [-0.4, -0.2) is 60.4 Å². The van der Waals surface area contributed by atoms with Crippen molar-refractivity contribution in [2.24, 2.45) is 23.2 Å². The Bertz CT molecular complexity index is 732. The zero-order valence-corrected chi connectivity index (χ0v) is 18.2. The number of aromatic nitrogens is 1. The average Bonchev–Trinajstić information content (AvgIpc) is 3.10. The number of anilines is 1. The Morgan fingerprint density at radius 3 is 2.82 bits per heavy atom. The van der Waals surface area contributed by atoms with E-state index in [2.05, 4.69) is 19.2 Å². The molecular weight excluding hydrogens is 374 g/mol. The number of carbonyl (C=O) groups excluding carboxylic acids is 1. The molecule has 7 heteroatoms. The molecule has 1 aliphatic heterocycles. The number of thiazole rings is 1. The lowest BCUT2D eigenvalue weighted by molar-refractivity contribution is -0.148. The molecule has 2 N–H and O–H groups in total. The van der Waals surface area contributed by atoms with E-state index in [1.807, 2.05) is 18.9 Å². The van der Waals surface area contributed by atoms with Crippen molar-refractivity contribution < 1.29 is 14.6 Å². The predicted molar refractivity (Wildman–Crippen MR) is 111 cm³/mol. The fourth-order valence-corrected chi connectivity index (χ4v) is 7.13. The molecule has 1 saturated carbocycles. The highest BCUT2D eigenvalue weighted by Crippen LogP contribution is 2.57. The highest BCUT2D eigenvalue weighted by Gasteiger charge is 2.54. The number of hydrogen-bond donors (Lipinski definition) is 2. The molecule has 1 saturated heterocycles. The van der Waals surface area contributed by atoms with E-state index in [1.54, 1.807) is 11.3 Å². The molecule has 0 spiro atoms. The van der Waals surface area contributed by atoms with Crippen LogP contribution in [0, 0.1) is 23.2 Å². The number of fused-ring (bicyclic) bond motifs is 2. The summed E-state index contributed by atoms with van der Waals surface area (Å²) in [5.74, 6) is 0.377. The third-order valence-corrected chi connectivity index (χ3v) is 8.58. The van der Waals surface area contributed by atoms with Gasteiger partial charge in [-0.25, -0.2) is 4.98 Å². The molecule has 1 aromatic heterocycles. The second kappa shape index (κ2) is 7.58. The van der Waals surface area contributed by atoms with E-state index in [4.69, 9.17) is 9.72 Å². The van der Waals surface area contributed by atoms with E-state index in [-0.39, 0.29) is 35.0 Å². The Morgan fingerprint density at radius 1 is 1.43 bits per heavy atom. The number of nitrogens with zero attached hydrogens (tertiary/aromatic N) is 2. The maximum Gasteiger partial charge on any atom is 0.225 e. The Morgan fingerprint density at radius 2 is 2.14 bits per heavy atom. The molecule has 2 heterocycles. The van der Waals surface area contributed by atoms with Crippen LogP contribution in [0.5, 0.6) is 0 Å². The molecule has 156 valence electrons. The summed E-state index contributed by atoms with van der Waals surface area (Å²) in [6.07, 6.45) is 2.47. The SMILES string of the molecule is CNc1nc2c(s1)C[C@]1(C)CC[C@@H]([C@H](C)C(=O)N3CCOCC3)[C@H](O)[C@H]1[C@@H]2C. The molecular formula is C21H33N3O3S. The second-order valence-electron chi connectivity index (χ2n) is 9.14. The van der Waals surface area contributed by atoms with E-state index in [0.29, 0.717) is 26.3 Å². The Hall–Kier alpha value is -1.18. The van der Waals surface area contributed by atoms with Crippen molar-refractivity contribution in [3.8, 4) is 0 Å². The van der Waals surface area contributed by atoms with E-state index < -0.39 is 6.10 Å². The molecule has 0 aromatic carbocycles. The van der Waals surface area contributed by atoms with E-state index in [1.165, 1.54) is 4.88 Å². The molecule has 4 rings (SSSR count). The molecule has 0 unspecified atom stereocenters. The summed E-state index contributed by atoms with van der Waals surface area (Å²) in [7, 11) is 1.91. The first kappa shape index (κ1) is 20.1. The summed E-state index contributed by atoms with van der Waals surface area (Å²) < 4.78 is 5.38. The standard InChI is InChI=1S/C21H33N3O3S/c1-12(19(26)24-7-9-27-10-8-24)14-5-6-21(3)11-15-17(23-20(22-4)28-15)13(2)16(21)18(14)25/h12-14,16,18,25H,5-11H2,1-4H3,(H,22,23)/t12-,13-,14-,16+,18-,21-/m0/s1. The van der Waals surface area contributed by atoms with Crippen LogP contribution < -0.4 is 5.32 Å². The van der Waals surface area contributed by atoms with Gasteiger partial charge in [0.05, 0.1) is 25.0 Å². The number of ether oxygens (including phenoxy) is 1. The number of hydrogen-bond acceptors (Lipinski definition) is 6. The zero-order chi connectivity index (χ0) is 20.1. The lowest BCUT2D eigenvalue weighted by Crippen LogP contribution is -2.54. The van der Waals surface area contributed by atoms with Gasteiger partial charge in [0.1, 0.15) is 0 Å². The first-order valence-electron chi connectivity index (χ1n) is 10.6. The maximum absolute atomic E-state index is 13.0. The second-order valence-corrected chi connectivity index (χ2v) is 10.2. The molecule has 6 nitrogen and oxygen atoms in total. The maximum atomic E-state index is 13.0. The van der Waals surface area contributed by atoms with Crippen molar-refractivity contribution in [2.75, 3.05) is 38.7 Å². The number of nitrogens with one attached hydrogen (secondary N) is 1. The highest BCUT2D eigenvalue weighted by molar-refractivity contribution is 7.15. The topological polar surface area (TPSA) is 74.7 Å². The molecule has 0 bridgehead atoms. The lowest BCUT2D eigenvalue weighted by atomic mass is 9.53. The third kappa shape index (κ3) is 3.25. The summed E-state index contributed by atoms with van der Waals surface area (Å²) >= 11 is 1.75. The smallest absolute Gasteiger partial charge is 0.225 e. The van der Waals surface area contributed by atoms with Gasteiger partial charge in [0.2, 0.25) is 5.91 Å².